The van der Waals surface area contributed by atoms with Gasteiger partial charge in [-0.3, -0.25) is 14.4 Å². The minimum Gasteiger partial charge on any atom is -0.360 e. The van der Waals surface area contributed by atoms with Gasteiger partial charge in [0.2, 0.25) is 0 Å². The van der Waals surface area contributed by atoms with Gasteiger partial charge in [-0.05, 0) is 36.4 Å². The van der Waals surface area contributed by atoms with E-state index in [4.69, 9.17) is 0 Å². The van der Waals surface area contributed by atoms with Crippen molar-refractivity contribution in [1.29, 1.82) is 0 Å². The Morgan fingerprint density at radius 2 is 1.65 bits per heavy atom. The molecule has 0 unspecified atom stereocenters. The zero-order valence-electron chi connectivity index (χ0n) is 19.6. The van der Waals surface area contributed by atoms with Crippen molar-refractivity contribution < 1.29 is 18.8 Å². The molecular weight excluding hydrogens is 475 g/mol. The highest BCUT2D eigenvalue weighted by molar-refractivity contribution is 6.45. The molecule has 0 atom stereocenters. The first-order valence-electron chi connectivity index (χ1n) is 11.8. The summed E-state index contributed by atoms with van der Waals surface area (Å²) in [5.41, 5.74) is 2.67. The maximum absolute atomic E-state index is 15.0. The van der Waals surface area contributed by atoms with Crippen molar-refractivity contribution in [3.8, 4) is 11.4 Å². The summed E-state index contributed by atoms with van der Waals surface area (Å²) in [4.78, 5) is 56.8. The number of benzene rings is 2. The molecule has 1 fully saturated rings. The smallest absolute Gasteiger partial charge is 0.295 e. The standard InChI is InChI=1S/C27H21FN6O3/c28-19-9-8-17(24-31-20-7-4-10-29-25(20)32-24)22-21(19)18(15-30-22)23(35)27(37)34-13-11-33(12-14-34)26(36)16-5-2-1-3-6-16/h1-10,15,30H,11-14H2,(H,29,31,32). The Hall–Kier alpha value is -4.86. The zero-order valence-corrected chi connectivity index (χ0v) is 19.6. The van der Waals surface area contributed by atoms with Crippen molar-refractivity contribution in [3.63, 3.8) is 0 Å². The number of ketones is 1. The molecule has 10 heteroatoms. The largest absolute Gasteiger partial charge is 0.360 e. The van der Waals surface area contributed by atoms with Crippen molar-refractivity contribution >= 4 is 39.7 Å². The first-order chi connectivity index (χ1) is 18.0. The van der Waals surface area contributed by atoms with E-state index in [1.807, 2.05) is 12.1 Å². The molecular formula is C27H21FN6O3. The van der Waals surface area contributed by atoms with Gasteiger partial charge in [-0.1, -0.05) is 18.2 Å². The van der Waals surface area contributed by atoms with E-state index in [1.165, 1.54) is 17.2 Å². The number of aromatic amines is 2. The van der Waals surface area contributed by atoms with Crippen LogP contribution in [-0.2, 0) is 4.79 Å². The van der Waals surface area contributed by atoms with Crippen LogP contribution in [0.1, 0.15) is 20.7 Å². The molecule has 184 valence electrons. The number of H-pyrrole nitrogens is 2. The molecule has 1 saturated heterocycles. The molecule has 5 aromatic rings. The second-order valence-electron chi connectivity index (χ2n) is 8.79. The number of Topliss-reactive ketones (excluding diaryl/α,β-unsaturated/α-hetero) is 1. The van der Waals surface area contributed by atoms with Gasteiger partial charge < -0.3 is 19.8 Å². The lowest BCUT2D eigenvalue weighted by molar-refractivity contribution is -0.127. The number of hydrogen-bond acceptors (Lipinski definition) is 5. The summed E-state index contributed by atoms with van der Waals surface area (Å²) in [5, 5.41) is 0.0298. The highest BCUT2D eigenvalue weighted by Gasteiger charge is 2.31. The Morgan fingerprint density at radius 3 is 2.41 bits per heavy atom. The van der Waals surface area contributed by atoms with Gasteiger partial charge in [-0.15, -0.1) is 0 Å². The molecule has 6 rings (SSSR count). The number of nitrogens with one attached hydrogen (secondary N) is 2. The Balaban J connectivity index is 1.24. The van der Waals surface area contributed by atoms with E-state index in [-0.39, 0.29) is 29.9 Å². The van der Waals surface area contributed by atoms with E-state index >= 15 is 0 Å². The number of amides is 2. The maximum atomic E-state index is 15.0. The van der Waals surface area contributed by atoms with Crippen molar-refractivity contribution in [2.45, 2.75) is 0 Å². The monoisotopic (exact) mass is 496 g/mol. The number of fused-ring (bicyclic) bond motifs is 2. The van der Waals surface area contributed by atoms with Crippen molar-refractivity contribution in [2.24, 2.45) is 0 Å². The van der Waals surface area contributed by atoms with E-state index in [0.717, 1.165) is 5.52 Å². The Morgan fingerprint density at radius 1 is 0.892 bits per heavy atom. The number of rotatable bonds is 4. The van der Waals surface area contributed by atoms with Crippen LogP contribution in [-0.4, -0.2) is 73.5 Å². The van der Waals surface area contributed by atoms with E-state index in [9.17, 15) is 18.8 Å². The number of carbonyl (C=O) groups excluding carboxylic acids is 3. The summed E-state index contributed by atoms with van der Waals surface area (Å²) in [7, 11) is 0. The van der Waals surface area contributed by atoms with E-state index in [0.29, 0.717) is 41.2 Å². The van der Waals surface area contributed by atoms with Crippen LogP contribution in [0.4, 0.5) is 4.39 Å². The van der Waals surface area contributed by atoms with Gasteiger partial charge in [0.1, 0.15) is 11.6 Å². The molecule has 0 bridgehead atoms. The van der Waals surface area contributed by atoms with E-state index in [1.54, 1.807) is 47.5 Å². The van der Waals surface area contributed by atoms with E-state index in [2.05, 4.69) is 19.9 Å². The molecule has 2 N–H and O–H groups in total. The molecule has 2 amide bonds. The molecule has 9 nitrogen and oxygen atoms in total. The molecule has 2 aromatic carbocycles. The minimum absolute atomic E-state index is 0.0298. The van der Waals surface area contributed by atoms with Gasteiger partial charge in [-0.25, -0.2) is 14.4 Å². The van der Waals surface area contributed by atoms with Crippen LogP contribution in [0.25, 0.3) is 33.5 Å². The highest BCUT2D eigenvalue weighted by atomic mass is 19.1. The Bertz CT molecular complexity index is 1630. The molecule has 0 saturated carbocycles. The summed E-state index contributed by atoms with van der Waals surface area (Å²) in [6.45, 7) is 1.04. The zero-order chi connectivity index (χ0) is 25.5. The fourth-order valence-corrected chi connectivity index (χ4v) is 4.69. The number of carbonyl (C=O) groups is 3. The van der Waals surface area contributed by atoms with Crippen LogP contribution in [0.2, 0.25) is 0 Å². The average molecular weight is 497 g/mol. The van der Waals surface area contributed by atoms with Crippen LogP contribution in [0.3, 0.4) is 0 Å². The summed E-state index contributed by atoms with van der Waals surface area (Å²) < 4.78 is 15.0. The van der Waals surface area contributed by atoms with Crippen LogP contribution in [0.5, 0.6) is 0 Å². The second kappa shape index (κ2) is 8.98. The molecule has 1 aliphatic rings. The summed E-state index contributed by atoms with van der Waals surface area (Å²) >= 11 is 0. The van der Waals surface area contributed by atoms with Crippen LogP contribution in [0, 0.1) is 5.82 Å². The van der Waals surface area contributed by atoms with Crippen LogP contribution in [0.15, 0.2) is 67.0 Å². The van der Waals surface area contributed by atoms with Crippen molar-refractivity contribution in [2.75, 3.05) is 26.2 Å². The summed E-state index contributed by atoms with van der Waals surface area (Å²) in [5.74, 6) is -1.82. The molecule has 0 spiro atoms. The maximum Gasteiger partial charge on any atom is 0.295 e. The lowest BCUT2D eigenvalue weighted by atomic mass is 10.0. The molecule has 37 heavy (non-hydrogen) atoms. The predicted octanol–water partition coefficient (Wildman–Crippen LogP) is 3.41. The predicted molar refractivity (Wildman–Crippen MR) is 134 cm³/mol. The highest BCUT2D eigenvalue weighted by Crippen LogP contribution is 2.31. The Kier molecular flexibility index (Phi) is 5.48. The molecule has 3 aromatic heterocycles. The molecule has 0 radical (unpaired) electrons. The first-order valence-corrected chi connectivity index (χ1v) is 11.8. The quantitative estimate of drug-likeness (QED) is 0.292. The van der Waals surface area contributed by atoms with Gasteiger partial charge in [0.05, 0.1) is 16.6 Å². The lowest BCUT2D eigenvalue weighted by Crippen LogP contribution is -2.52. The van der Waals surface area contributed by atoms with Gasteiger partial charge in [0, 0.05) is 55.1 Å². The van der Waals surface area contributed by atoms with Gasteiger partial charge in [0.15, 0.2) is 5.65 Å². The SMILES string of the molecule is O=C(C(=O)N1CCN(C(=O)c2ccccc2)CC1)c1c[nH]c2c(-c3nc4ncccc4[nH]3)ccc(F)c12. The third kappa shape index (κ3) is 3.92. The number of imidazole rings is 1. The number of nitrogens with zero attached hydrogens (tertiary/aromatic N) is 4. The second-order valence-corrected chi connectivity index (χ2v) is 8.79. The minimum atomic E-state index is -0.809. The third-order valence-electron chi connectivity index (χ3n) is 6.61. The van der Waals surface area contributed by atoms with Crippen molar-refractivity contribution in [3.05, 3.63) is 83.9 Å². The number of piperazine rings is 1. The summed E-state index contributed by atoms with van der Waals surface area (Å²) in [6.07, 6.45) is 2.98. The average Bonchev–Trinajstić information content (AvgIpc) is 3.58. The molecule has 0 aliphatic carbocycles. The Labute approximate surface area is 209 Å². The molecule has 4 heterocycles. The number of hydrogen-bond donors (Lipinski definition) is 2. The lowest BCUT2D eigenvalue weighted by Gasteiger charge is -2.34. The van der Waals surface area contributed by atoms with Crippen LogP contribution >= 0.6 is 0 Å². The fraction of sp³-hybridized carbons (Fsp3) is 0.148. The van der Waals surface area contributed by atoms with E-state index < -0.39 is 17.5 Å². The number of halogens is 1. The van der Waals surface area contributed by atoms with Gasteiger partial charge in [-0.2, -0.15) is 0 Å². The topological polar surface area (TPSA) is 115 Å². The normalized spacial score (nSPS) is 13.9. The third-order valence-corrected chi connectivity index (χ3v) is 6.61. The van der Waals surface area contributed by atoms with Gasteiger partial charge >= 0.3 is 0 Å². The van der Waals surface area contributed by atoms with Crippen LogP contribution < -0.4 is 0 Å². The summed E-state index contributed by atoms with van der Waals surface area (Å²) in [6, 6.07) is 15.3. The van der Waals surface area contributed by atoms with Gasteiger partial charge in [0.25, 0.3) is 17.6 Å². The molecule has 1 aliphatic heterocycles. The number of pyridine rings is 1. The first kappa shape index (κ1) is 22.6. The van der Waals surface area contributed by atoms with Crippen molar-refractivity contribution in [1.82, 2.24) is 29.7 Å². The number of aromatic nitrogens is 4. The fourth-order valence-electron chi connectivity index (χ4n) is 4.69.